The highest BCUT2D eigenvalue weighted by molar-refractivity contribution is 6.29. The Balaban J connectivity index is 0.000000196. The standard InChI is InChI=1S/C33H38ClN7O8.C29H36N2O10.C26H30ClN7O9.C6H6ClN5.CH4/c1-7-32(5)23(49-28(25(32)48-20(4)43)41-18-37-24-26(35-6)38-30(34)39-27(24)41)17-47-33(19(3)42,29(44)46-8-2)16-21-10-12-22(13-11-21)40-15-9-14-36-31(40)45;1-7-28(6)23(41-25(40-20(5)34)24(28)39-19(4)33)17-38-29(18(3)32,26(35)37-8-2)16-21-10-12-22(13-11-21)31-15-9-14-30-27(31)36;1-25(41)15(43-20(17(25)35)34-12-30-16-18(28-2)31-23(27)32-19(16)34)11-42-26(21(36)37,22(38)39)10-13-4-6-14(7-5-13)33-9-3-8-29-24(33)40;1-8-4-3-5(10-2-9-3)12-6(7)11-4;/h1,10-13,18,23,25,28H,8-9,14-17H2,2-6H3,(H,36,45)(H,35,38,39);1,10-13,23-25H,8-9,14-17H2,2-6H3,(H,30,36);4-7,12,15,17,20,35,41H,3,8-11H2,1-2H3,(H,29,40)(H,36,37)(H,38,39)(H,28,31,32);2H,1H3,(H2,8,9,10,11,12);1H4/t23-,25+,28-,32+,33?;23-,24+,25?,28+,29?;15-,17+,20-,25-;;/m111../s1. The molecule has 14 atom stereocenters. The normalized spacial score (nSPS) is 22.9. The van der Waals surface area contributed by atoms with Crippen molar-refractivity contribution < 1.29 is 130 Å². The number of nitrogens with one attached hydrogen (secondary N) is 7. The number of urea groups is 3. The molecule has 6 aromatic heterocycles. The Morgan fingerprint density at radius 2 is 0.870 bits per heavy atom. The number of Topliss-reactive ketones (excluding diaryl/α,β-unsaturated/α-hetero) is 2. The number of ketones is 2. The predicted octanol–water partition coefficient (Wildman–Crippen LogP) is 7.28. The number of fused-ring (bicyclic) bond motifs is 3. The van der Waals surface area contributed by atoms with Gasteiger partial charge in [-0.2, -0.15) is 29.9 Å². The first kappa shape index (κ1) is 112. The molecular weight excluding hydrogens is 1970 g/mol. The summed E-state index contributed by atoms with van der Waals surface area (Å²) in [4.78, 5) is 195. The number of carboxylic acid groups (broad SMARTS) is 2. The smallest absolute Gasteiger partial charge is 0.348 e. The van der Waals surface area contributed by atoms with Gasteiger partial charge in [-0.15, -0.1) is 12.8 Å². The molecule has 6 aliphatic heterocycles. The number of carbonyl (C=O) groups excluding carboxylic acids is 10. The fourth-order valence-corrected chi connectivity index (χ4v) is 17.5. The van der Waals surface area contributed by atoms with Crippen molar-refractivity contribution in [3.05, 3.63) is 124 Å². The number of terminal acetylenes is 2. The average Bonchev–Trinajstić information content (AvgIpc) is 1.60. The summed E-state index contributed by atoms with van der Waals surface area (Å²) in [6, 6.07) is 19.3. The first-order valence-corrected chi connectivity index (χ1v) is 46.8. The number of H-pyrrole nitrogens is 1. The summed E-state index contributed by atoms with van der Waals surface area (Å²) in [5.41, 5.74) is -5.78. The Kier molecular flexibility index (Phi) is 36.7. The highest BCUT2D eigenvalue weighted by Gasteiger charge is 2.62. The summed E-state index contributed by atoms with van der Waals surface area (Å²) in [6.45, 7) is 15.6. The fourth-order valence-electron chi connectivity index (χ4n) is 17.0. The number of ether oxygens (including phenoxy) is 11. The molecule has 3 unspecified atom stereocenters. The average molecular weight is 2090 g/mol. The first-order chi connectivity index (χ1) is 68.9. The van der Waals surface area contributed by atoms with Gasteiger partial charge in [0, 0.05) is 118 Å². The van der Waals surface area contributed by atoms with Crippen molar-refractivity contribution in [3.63, 3.8) is 0 Å². The lowest BCUT2D eigenvalue weighted by atomic mass is 9.81. The maximum absolute atomic E-state index is 13.6. The summed E-state index contributed by atoms with van der Waals surface area (Å²) in [6.07, 6.45) is 6.66. The maximum atomic E-state index is 13.6. The lowest BCUT2D eigenvalue weighted by Crippen LogP contribution is -2.54. The van der Waals surface area contributed by atoms with Crippen LogP contribution >= 0.6 is 34.8 Å². The van der Waals surface area contributed by atoms with E-state index in [9.17, 15) is 78.0 Å². The van der Waals surface area contributed by atoms with E-state index >= 15 is 0 Å². The Bertz CT molecular complexity index is 6390. The minimum atomic E-state index is -2.77. The van der Waals surface area contributed by atoms with Crippen molar-refractivity contribution in [1.29, 1.82) is 0 Å². The molecule has 146 heavy (non-hydrogen) atoms. The van der Waals surface area contributed by atoms with E-state index < -0.39 is 162 Å². The third-order valence-electron chi connectivity index (χ3n) is 25.1. The molecule has 0 spiro atoms. The summed E-state index contributed by atoms with van der Waals surface area (Å²) < 4.78 is 65.9. The van der Waals surface area contributed by atoms with Crippen molar-refractivity contribution in [2.75, 3.05) is 124 Å². The molecule has 15 rings (SSSR count). The Morgan fingerprint density at radius 3 is 1.25 bits per heavy atom. The van der Waals surface area contributed by atoms with Gasteiger partial charge in [0.1, 0.15) is 35.5 Å². The van der Waals surface area contributed by atoms with Crippen molar-refractivity contribution in [1.82, 2.24) is 74.9 Å². The quantitative estimate of drug-likeness (QED) is 0.00620. The summed E-state index contributed by atoms with van der Waals surface area (Å²) in [7, 11) is 5.02. The highest BCUT2D eigenvalue weighted by atomic mass is 35.5. The van der Waals surface area contributed by atoms with Crippen LogP contribution < -0.4 is 46.6 Å². The predicted molar refractivity (Wildman–Crippen MR) is 525 cm³/mol. The van der Waals surface area contributed by atoms with Crippen LogP contribution in [0.25, 0.3) is 33.5 Å². The highest BCUT2D eigenvalue weighted by Crippen LogP contribution is 2.49. The largest absolute Gasteiger partial charge is 0.479 e. The summed E-state index contributed by atoms with van der Waals surface area (Å²) >= 11 is 17.9. The second-order valence-corrected chi connectivity index (χ2v) is 35.6. The second-order valence-electron chi connectivity index (χ2n) is 34.6. The van der Waals surface area contributed by atoms with Crippen molar-refractivity contribution in [3.8, 4) is 24.7 Å². The molecule has 6 saturated heterocycles. The Labute approximate surface area is 851 Å². The molecule has 782 valence electrons. The number of aliphatic hydroxyl groups is 2. The van der Waals surface area contributed by atoms with E-state index in [1.165, 1.54) is 73.4 Å². The number of hydrogen-bond acceptors (Lipinski definition) is 37. The number of hydrogen-bond donors (Lipinski definition) is 11. The zero-order valence-electron chi connectivity index (χ0n) is 81.1. The number of carboxylic acids is 2. The van der Waals surface area contributed by atoms with E-state index in [0.29, 0.717) is 107 Å². The molecule has 6 aliphatic rings. The number of esters is 5. The number of nitrogens with zero attached hydrogens (tertiary/aromatic N) is 14. The van der Waals surface area contributed by atoms with Crippen LogP contribution in [-0.2, 0) is 115 Å². The second kappa shape index (κ2) is 47.8. The molecule has 0 bridgehead atoms. The van der Waals surface area contributed by atoms with Crippen LogP contribution in [-0.4, -0.2) is 310 Å². The van der Waals surface area contributed by atoms with Crippen LogP contribution in [0.15, 0.2) is 91.8 Å². The van der Waals surface area contributed by atoms with Crippen LogP contribution in [0.5, 0.6) is 0 Å². The maximum Gasteiger partial charge on any atom is 0.348 e. The summed E-state index contributed by atoms with van der Waals surface area (Å²) in [5.74, 6) is -1.97. The van der Waals surface area contributed by atoms with Gasteiger partial charge in [-0.3, -0.25) is 47.8 Å². The van der Waals surface area contributed by atoms with Gasteiger partial charge in [-0.05, 0) is 156 Å². The molecule has 6 amide bonds. The zero-order valence-corrected chi connectivity index (χ0v) is 83.4. The lowest BCUT2D eigenvalue weighted by molar-refractivity contribution is -0.201. The number of carbonyl (C=O) groups is 12. The number of rotatable bonds is 34. The molecule has 48 nitrogen and oxygen atoms in total. The van der Waals surface area contributed by atoms with Gasteiger partial charge in [-0.25, -0.2) is 48.5 Å². The molecule has 6 fully saturated rings. The minimum Gasteiger partial charge on any atom is -0.479 e. The van der Waals surface area contributed by atoms with Crippen molar-refractivity contribution >= 4 is 174 Å². The number of amides is 6. The Morgan fingerprint density at radius 1 is 0.507 bits per heavy atom. The van der Waals surface area contributed by atoms with Crippen LogP contribution in [0.3, 0.4) is 0 Å². The third-order valence-corrected chi connectivity index (χ3v) is 25.6. The number of aromatic nitrogens is 12. The summed E-state index contributed by atoms with van der Waals surface area (Å²) in [5, 5.41) is 59.3. The number of imidazole rings is 3. The molecule has 9 aromatic rings. The first-order valence-electron chi connectivity index (χ1n) is 45.7. The number of aromatic amines is 1. The van der Waals surface area contributed by atoms with E-state index in [0.717, 1.165) is 31.7 Å². The molecule has 12 heterocycles. The van der Waals surface area contributed by atoms with Gasteiger partial charge >= 0.3 is 59.9 Å². The van der Waals surface area contributed by atoms with Crippen LogP contribution in [0.2, 0.25) is 15.9 Å². The number of benzene rings is 3. The van der Waals surface area contributed by atoms with Crippen LogP contribution in [0, 0.1) is 35.5 Å². The van der Waals surface area contributed by atoms with Crippen molar-refractivity contribution in [2.24, 2.45) is 10.8 Å². The Hall–Kier alpha value is -14.2. The molecule has 11 N–H and O–H groups in total. The van der Waals surface area contributed by atoms with Gasteiger partial charge in [0.2, 0.25) is 33.3 Å². The number of anilines is 6. The fraction of sp³-hybridized carbons (Fsp3) is 0.484. The van der Waals surface area contributed by atoms with E-state index in [1.807, 2.05) is 0 Å². The monoisotopic (exact) mass is 2090 g/mol. The van der Waals surface area contributed by atoms with Gasteiger partial charge in [0.15, 0.2) is 81.7 Å². The van der Waals surface area contributed by atoms with E-state index in [4.69, 9.17) is 99.8 Å². The molecule has 0 radical (unpaired) electrons. The molecule has 51 heteroatoms. The number of aliphatic hydroxyl groups excluding tert-OH is 1. The van der Waals surface area contributed by atoms with E-state index in [-0.39, 0.29) is 85.3 Å². The van der Waals surface area contributed by atoms with Gasteiger partial charge in [-0.1, -0.05) is 55.7 Å². The topological polar surface area (TPSA) is 611 Å². The van der Waals surface area contributed by atoms with Gasteiger partial charge in [0.25, 0.3) is 5.60 Å². The molecule has 0 aliphatic carbocycles. The third kappa shape index (κ3) is 24.0. The van der Waals surface area contributed by atoms with E-state index in [1.54, 1.807) is 126 Å². The molecular formula is C95H114Cl3N21O27. The number of halogens is 3. The number of aliphatic carboxylic acids is 2. The molecule has 0 saturated carbocycles. The minimum absolute atomic E-state index is 0. The van der Waals surface area contributed by atoms with E-state index in [2.05, 4.69) is 93.6 Å². The van der Waals surface area contributed by atoms with Gasteiger partial charge in [0.05, 0.1) is 62.8 Å². The van der Waals surface area contributed by atoms with Gasteiger partial charge < -0.3 is 109 Å². The lowest BCUT2D eigenvalue weighted by Gasteiger charge is -2.33. The molecule has 3 aromatic carbocycles. The van der Waals surface area contributed by atoms with Crippen molar-refractivity contribution in [2.45, 2.75) is 193 Å². The van der Waals surface area contributed by atoms with Crippen LogP contribution in [0.4, 0.5) is 48.9 Å². The SMILES string of the molecule is C.C#C[C@@]1(C)[C@@H](COC(Cc2ccc(N3CCCNC3=O)cc2)(C(C)=O)C(=O)OCC)OC(OC(C)=O)[C@@H]1OC(C)=O.C#C[C@@]1(C)[C@@H](COC(Cc2ccc(N3CCCNC3=O)cc2)(C(C)=O)C(=O)OCC)O[C@@H](n2cnc3c(NC)nc(Cl)nc32)[C@@H]1OC(C)=O.CNc1nc(Cl)nc2c1ncn2[C@@H]1O[C@H](COC(Cc2ccc(N3CCCNC3=O)cc2)(C(=O)O)C(=O)O)[C@@](C)(O)[C@H]1O.CNc1nc(Cl)nc2nc[nH]c12. The van der Waals surface area contributed by atoms with Crippen LogP contribution in [0.1, 0.15) is 125 Å². The zero-order chi connectivity index (χ0) is 106.